The molecule has 0 saturated heterocycles. The van der Waals surface area contributed by atoms with Crippen LogP contribution < -0.4 is 0 Å². The number of ether oxygens (including phenoxy) is 1. The predicted octanol–water partition coefficient (Wildman–Crippen LogP) is 4.76. The van der Waals surface area contributed by atoms with Crippen LogP contribution in [0.2, 0.25) is 0 Å². The van der Waals surface area contributed by atoms with Gasteiger partial charge in [-0.1, -0.05) is 35.9 Å². The number of Topliss-reactive ketones (excluding diaryl/α,β-unsaturated/α-hetero) is 1. The number of nitrogens with zero attached hydrogens (tertiary/aromatic N) is 2. The summed E-state index contributed by atoms with van der Waals surface area (Å²) in [6, 6.07) is 9.73. The molecular formula is C22H22N2O3S. The summed E-state index contributed by atoms with van der Waals surface area (Å²) in [7, 11) is 0. The monoisotopic (exact) mass is 394 g/mol. The number of aryl methyl sites for hydroxylation is 2. The minimum Gasteiger partial charge on any atom is -0.453 e. The molecule has 28 heavy (non-hydrogen) atoms. The summed E-state index contributed by atoms with van der Waals surface area (Å²) in [5.41, 5.74) is 4.69. The fourth-order valence-electron chi connectivity index (χ4n) is 2.97. The van der Waals surface area contributed by atoms with Crippen LogP contribution in [-0.2, 0) is 11.3 Å². The van der Waals surface area contributed by atoms with Crippen molar-refractivity contribution in [3.63, 3.8) is 0 Å². The number of ketones is 1. The second-order valence-corrected chi connectivity index (χ2v) is 7.45. The molecule has 0 amide bonds. The summed E-state index contributed by atoms with van der Waals surface area (Å²) in [5, 5.41) is 2.39. The Balaban J connectivity index is 1.66. The lowest BCUT2D eigenvalue weighted by Crippen LogP contribution is -2.15. The Morgan fingerprint density at radius 1 is 1.21 bits per heavy atom. The third-order valence-corrected chi connectivity index (χ3v) is 5.42. The molecule has 144 valence electrons. The van der Waals surface area contributed by atoms with Gasteiger partial charge in [0.05, 0.1) is 0 Å². The Morgan fingerprint density at radius 3 is 2.61 bits per heavy atom. The SMILES string of the molecule is C=CCn1c(C)cc(C(=O)COC(=O)c2csc(-c3ccc(C)cc3)n2)c1C. The number of rotatable bonds is 7. The zero-order valence-electron chi connectivity index (χ0n) is 16.2. The highest BCUT2D eigenvalue weighted by Gasteiger charge is 2.19. The topological polar surface area (TPSA) is 61.2 Å². The van der Waals surface area contributed by atoms with E-state index in [1.54, 1.807) is 11.5 Å². The molecule has 3 aromatic rings. The molecule has 0 spiro atoms. The van der Waals surface area contributed by atoms with Gasteiger partial charge in [0.1, 0.15) is 5.01 Å². The number of benzene rings is 1. The van der Waals surface area contributed by atoms with Crippen LogP contribution in [0.1, 0.15) is 37.8 Å². The first-order valence-electron chi connectivity index (χ1n) is 8.91. The van der Waals surface area contributed by atoms with Crippen LogP contribution in [0.5, 0.6) is 0 Å². The van der Waals surface area contributed by atoms with Crippen LogP contribution in [-0.4, -0.2) is 27.9 Å². The smallest absolute Gasteiger partial charge is 0.358 e. The van der Waals surface area contributed by atoms with Crippen LogP contribution >= 0.6 is 11.3 Å². The Hall–Kier alpha value is -2.99. The largest absolute Gasteiger partial charge is 0.453 e. The second-order valence-electron chi connectivity index (χ2n) is 6.59. The van der Waals surface area contributed by atoms with E-state index in [9.17, 15) is 9.59 Å². The summed E-state index contributed by atoms with van der Waals surface area (Å²) in [4.78, 5) is 29.1. The number of hydrogen-bond acceptors (Lipinski definition) is 5. The lowest BCUT2D eigenvalue weighted by molar-refractivity contribution is 0.0469. The molecule has 2 heterocycles. The molecule has 0 atom stereocenters. The highest BCUT2D eigenvalue weighted by Crippen LogP contribution is 2.24. The first-order valence-corrected chi connectivity index (χ1v) is 9.79. The average molecular weight is 394 g/mol. The van der Waals surface area contributed by atoms with Crippen LogP contribution in [0.3, 0.4) is 0 Å². The van der Waals surface area contributed by atoms with Crippen molar-refractivity contribution in [2.75, 3.05) is 6.61 Å². The van der Waals surface area contributed by atoms with Crippen molar-refractivity contribution >= 4 is 23.1 Å². The summed E-state index contributed by atoms with van der Waals surface area (Å²) in [6.45, 7) is 9.87. The minimum atomic E-state index is -0.595. The van der Waals surface area contributed by atoms with Crippen molar-refractivity contribution in [1.82, 2.24) is 9.55 Å². The minimum absolute atomic E-state index is 0.213. The van der Waals surface area contributed by atoms with E-state index in [2.05, 4.69) is 11.6 Å². The van der Waals surface area contributed by atoms with E-state index in [0.717, 1.165) is 27.5 Å². The van der Waals surface area contributed by atoms with Gasteiger partial charge in [-0.3, -0.25) is 4.79 Å². The maximum absolute atomic E-state index is 12.5. The van der Waals surface area contributed by atoms with Crippen LogP contribution in [0.25, 0.3) is 10.6 Å². The van der Waals surface area contributed by atoms with Gasteiger partial charge < -0.3 is 9.30 Å². The number of aromatic nitrogens is 2. The van der Waals surface area contributed by atoms with Gasteiger partial charge in [-0.2, -0.15) is 0 Å². The molecule has 0 saturated carbocycles. The fraction of sp³-hybridized carbons (Fsp3) is 0.227. The molecule has 0 bridgehead atoms. The molecular weight excluding hydrogens is 372 g/mol. The average Bonchev–Trinajstić information content (AvgIpc) is 3.27. The van der Waals surface area contributed by atoms with E-state index in [1.807, 2.05) is 55.7 Å². The first-order chi connectivity index (χ1) is 13.4. The molecule has 0 aliphatic carbocycles. The Morgan fingerprint density at radius 2 is 1.93 bits per heavy atom. The molecule has 1 aromatic carbocycles. The van der Waals surface area contributed by atoms with Gasteiger partial charge in [-0.15, -0.1) is 17.9 Å². The van der Waals surface area contributed by atoms with Gasteiger partial charge in [0.2, 0.25) is 5.78 Å². The summed E-state index contributed by atoms with van der Waals surface area (Å²) < 4.78 is 7.20. The lowest BCUT2D eigenvalue weighted by Gasteiger charge is -2.06. The molecule has 5 nitrogen and oxygen atoms in total. The van der Waals surface area contributed by atoms with E-state index in [0.29, 0.717) is 12.1 Å². The third-order valence-electron chi connectivity index (χ3n) is 4.53. The fourth-order valence-corrected chi connectivity index (χ4v) is 3.77. The van der Waals surface area contributed by atoms with Crippen molar-refractivity contribution in [1.29, 1.82) is 0 Å². The van der Waals surface area contributed by atoms with Gasteiger partial charge in [-0.25, -0.2) is 9.78 Å². The Labute approximate surface area is 168 Å². The lowest BCUT2D eigenvalue weighted by atomic mass is 10.1. The van der Waals surface area contributed by atoms with Gasteiger partial charge in [0.25, 0.3) is 0 Å². The van der Waals surface area contributed by atoms with E-state index in [-0.39, 0.29) is 18.1 Å². The maximum Gasteiger partial charge on any atom is 0.358 e. The molecule has 3 rings (SSSR count). The summed E-state index contributed by atoms with van der Waals surface area (Å²) in [5.74, 6) is -0.825. The zero-order valence-corrected chi connectivity index (χ0v) is 17.0. The molecule has 0 aliphatic heterocycles. The molecule has 0 aliphatic rings. The quantitative estimate of drug-likeness (QED) is 0.329. The molecule has 0 radical (unpaired) electrons. The number of esters is 1. The molecule has 0 unspecified atom stereocenters. The number of hydrogen-bond donors (Lipinski definition) is 0. The molecule has 0 fully saturated rings. The molecule has 0 N–H and O–H groups in total. The maximum atomic E-state index is 12.5. The van der Waals surface area contributed by atoms with Crippen molar-refractivity contribution in [3.05, 3.63) is 76.6 Å². The Bertz CT molecular complexity index is 1030. The van der Waals surface area contributed by atoms with Crippen molar-refractivity contribution < 1.29 is 14.3 Å². The van der Waals surface area contributed by atoms with Crippen LogP contribution in [0, 0.1) is 20.8 Å². The highest BCUT2D eigenvalue weighted by molar-refractivity contribution is 7.13. The normalized spacial score (nSPS) is 10.7. The van der Waals surface area contributed by atoms with E-state index >= 15 is 0 Å². The van der Waals surface area contributed by atoms with Crippen LogP contribution in [0.15, 0.2) is 48.4 Å². The second kappa shape index (κ2) is 8.35. The number of allylic oxidation sites excluding steroid dienone is 1. The van der Waals surface area contributed by atoms with E-state index < -0.39 is 5.97 Å². The summed E-state index contributed by atoms with van der Waals surface area (Å²) in [6.07, 6.45) is 1.78. The number of thiazole rings is 1. The third kappa shape index (κ3) is 4.12. The van der Waals surface area contributed by atoms with E-state index in [4.69, 9.17) is 4.74 Å². The first kappa shape index (κ1) is 19.8. The predicted molar refractivity (Wildman–Crippen MR) is 111 cm³/mol. The molecule has 6 heteroatoms. The van der Waals surface area contributed by atoms with E-state index in [1.165, 1.54) is 11.3 Å². The highest BCUT2D eigenvalue weighted by atomic mass is 32.1. The van der Waals surface area contributed by atoms with Crippen molar-refractivity contribution in [2.24, 2.45) is 0 Å². The van der Waals surface area contributed by atoms with Crippen molar-refractivity contribution in [3.8, 4) is 10.6 Å². The zero-order chi connectivity index (χ0) is 20.3. The standard InChI is InChI=1S/C22H22N2O3S/c1-5-10-24-15(3)11-18(16(24)4)20(25)12-27-22(26)19-13-28-21(23-19)17-8-6-14(2)7-9-17/h5-9,11,13H,1,10,12H2,2-4H3. The number of carbonyl (C=O) groups excluding carboxylic acids is 2. The Kier molecular flexibility index (Phi) is 5.90. The summed E-state index contributed by atoms with van der Waals surface area (Å²) >= 11 is 1.37. The van der Waals surface area contributed by atoms with Crippen molar-refractivity contribution in [2.45, 2.75) is 27.3 Å². The van der Waals surface area contributed by atoms with Crippen LogP contribution in [0.4, 0.5) is 0 Å². The van der Waals surface area contributed by atoms with Gasteiger partial charge in [0.15, 0.2) is 12.3 Å². The molecule has 2 aromatic heterocycles. The van der Waals surface area contributed by atoms with Gasteiger partial charge in [0, 0.05) is 34.4 Å². The van der Waals surface area contributed by atoms with Gasteiger partial charge >= 0.3 is 5.97 Å². The number of carbonyl (C=O) groups is 2. The van der Waals surface area contributed by atoms with Gasteiger partial charge in [-0.05, 0) is 26.8 Å².